The van der Waals surface area contributed by atoms with E-state index in [9.17, 15) is 10.1 Å². The second-order valence-electron chi connectivity index (χ2n) is 6.08. The number of pyridine rings is 1. The molecule has 1 heterocycles. The Bertz CT molecular complexity index is 502. The van der Waals surface area contributed by atoms with Gasteiger partial charge in [-0.2, -0.15) is 0 Å². The molecule has 1 aromatic rings. The zero-order valence-electron chi connectivity index (χ0n) is 12.6. The number of nitrogens with zero attached hydrogens (tertiary/aromatic N) is 3. The van der Waals surface area contributed by atoms with Gasteiger partial charge in [0.15, 0.2) is 0 Å². The van der Waals surface area contributed by atoms with Gasteiger partial charge in [-0.05, 0) is 25.2 Å². The molecule has 0 radical (unpaired) electrons. The number of rotatable bonds is 6. The molecule has 21 heavy (non-hydrogen) atoms. The van der Waals surface area contributed by atoms with Crippen LogP contribution in [0.2, 0.25) is 5.15 Å². The van der Waals surface area contributed by atoms with Gasteiger partial charge in [0.25, 0.3) is 5.69 Å². The minimum absolute atomic E-state index is 0.0116. The molecule has 0 amide bonds. The molecule has 0 atom stereocenters. The summed E-state index contributed by atoms with van der Waals surface area (Å²) in [5, 5.41) is 11.2. The minimum Gasteiger partial charge on any atom is -0.353 e. The quantitative estimate of drug-likeness (QED) is 0.443. The summed E-state index contributed by atoms with van der Waals surface area (Å²) in [4.78, 5) is 17.1. The molecule has 0 spiro atoms. The molecule has 0 saturated heterocycles. The van der Waals surface area contributed by atoms with Crippen LogP contribution in [0.15, 0.2) is 12.1 Å². The Kier molecular flexibility index (Phi) is 5.39. The predicted molar refractivity (Wildman–Crippen MR) is 85.0 cm³/mol. The maximum absolute atomic E-state index is 11.0. The van der Waals surface area contributed by atoms with Crippen LogP contribution in [0, 0.1) is 16.0 Å². The van der Waals surface area contributed by atoms with Gasteiger partial charge in [-0.25, -0.2) is 4.98 Å². The number of hydrogen-bond donors (Lipinski definition) is 0. The third-order valence-electron chi connectivity index (χ3n) is 3.98. The predicted octanol–water partition coefficient (Wildman–Crippen LogP) is 4.44. The van der Waals surface area contributed by atoms with Crippen molar-refractivity contribution in [3.8, 4) is 0 Å². The van der Waals surface area contributed by atoms with Crippen molar-refractivity contribution in [3.63, 3.8) is 0 Å². The Morgan fingerprint density at radius 1 is 1.43 bits per heavy atom. The van der Waals surface area contributed by atoms with Crippen molar-refractivity contribution in [3.05, 3.63) is 27.4 Å². The van der Waals surface area contributed by atoms with E-state index >= 15 is 0 Å². The lowest BCUT2D eigenvalue weighted by molar-refractivity contribution is -0.384. The van der Waals surface area contributed by atoms with E-state index in [4.69, 9.17) is 11.6 Å². The molecule has 2 rings (SSSR count). The van der Waals surface area contributed by atoms with Gasteiger partial charge in [0.2, 0.25) is 0 Å². The average Bonchev–Trinajstić information content (AvgIpc) is 2.92. The first-order valence-electron chi connectivity index (χ1n) is 7.56. The molecule has 0 aromatic carbocycles. The molecule has 6 heteroatoms. The van der Waals surface area contributed by atoms with Gasteiger partial charge >= 0.3 is 0 Å². The van der Waals surface area contributed by atoms with E-state index in [1.54, 1.807) is 6.07 Å². The number of halogens is 1. The first-order valence-corrected chi connectivity index (χ1v) is 7.94. The van der Waals surface area contributed by atoms with Gasteiger partial charge in [-0.1, -0.05) is 38.3 Å². The summed E-state index contributed by atoms with van der Waals surface area (Å²) in [6.45, 7) is 5.23. The molecule has 1 aromatic heterocycles. The van der Waals surface area contributed by atoms with Crippen LogP contribution in [0.5, 0.6) is 0 Å². The van der Waals surface area contributed by atoms with E-state index in [0.29, 0.717) is 17.8 Å². The summed E-state index contributed by atoms with van der Waals surface area (Å²) in [6, 6.07) is 3.28. The first-order chi connectivity index (χ1) is 9.97. The van der Waals surface area contributed by atoms with E-state index in [1.165, 1.54) is 18.9 Å². The van der Waals surface area contributed by atoms with Crippen molar-refractivity contribution in [2.45, 2.75) is 52.0 Å². The lowest BCUT2D eigenvalue weighted by Crippen LogP contribution is -2.35. The number of aromatic nitrogens is 1. The molecule has 1 fully saturated rings. The highest BCUT2D eigenvalue weighted by atomic mass is 35.5. The van der Waals surface area contributed by atoms with E-state index in [1.807, 2.05) is 0 Å². The summed E-state index contributed by atoms with van der Waals surface area (Å²) in [6.07, 6.45) is 5.72. The van der Waals surface area contributed by atoms with E-state index in [2.05, 4.69) is 23.7 Å². The molecular formula is C15H22ClN3O2. The highest BCUT2D eigenvalue weighted by Crippen LogP contribution is 2.31. The van der Waals surface area contributed by atoms with E-state index < -0.39 is 4.92 Å². The van der Waals surface area contributed by atoms with Gasteiger partial charge in [0.05, 0.1) is 17.1 Å². The van der Waals surface area contributed by atoms with Crippen molar-refractivity contribution in [2.24, 2.45) is 5.92 Å². The highest BCUT2D eigenvalue weighted by Gasteiger charge is 2.25. The first kappa shape index (κ1) is 16.0. The molecule has 0 unspecified atom stereocenters. The van der Waals surface area contributed by atoms with Crippen molar-refractivity contribution in [2.75, 3.05) is 11.4 Å². The Morgan fingerprint density at radius 2 is 2.10 bits per heavy atom. The summed E-state index contributed by atoms with van der Waals surface area (Å²) in [7, 11) is 0. The van der Waals surface area contributed by atoms with Crippen molar-refractivity contribution in [1.82, 2.24) is 4.98 Å². The summed E-state index contributed by atoms with van der Waals surface area (Å²) in [5.74, 6) is 1.23. The SMILES string of the molecule is CC(C)CCN(c1cc([N+](=O)[O-])cc(Cl)n1)C1CCCC1. The average molecular weight is 312 g/mol. The van der Waals surface area contributed by atoms with Crippen LogP contribution in [0.25, 0.3) is 0 Å². The van der Waals surface area contributed by atoms with Crippen LogP contribution in [-0.4, -0.2) is 22.5 Å². The molecule has 0 aliphatic heterocycles. The molecule has 5 nitrogen and oxygen atoms in total. The smallest absolute Gasteiger partial charge is 0.276 e. The van der Waals surface area contributed by atoms with Crippen LogP contribution in [0.1, 0.15) is 46.0 Å². The molecule has 1 aliphatic carbocycles. The Labute approximate surface area is 130 Å². The monoisotopic (exact) mass is 311 g/mol. The third-order valence-corrected chi connectivity index (χ3v) is 4.18. The molecule has 116 valence electrons. The fourth-order valence-electron chi connectivity index (χ4n) is 2.82. The van der Waals surface area contributed by atoms with Gasteiger partial charge in [-0.15, -0.1) is 0 Å². The fourth-order valence-corrected chi connectivity index (χ4v) is 3.02. The lowest BCUT2D eigenvalue weighted by Gasteiger charge is -2.30. The van der Waals surface area contributed by atoms with Gasteiger partial charge in [0, 0.05) is 12.6 Å². The molecule has 1 aliphatic rings. The standard InChI is InChI=1S/C15H22ClN3O2/c1-11(2)7-8-18(12-5-3-4-6-12)15-10-13(19(20)21)9-14(16)17-15/h9-12H,3-8H2,1-2H3. The van der Waals surface area contributed by atoms with Gasteiger partial charge < -0.3 is 4.90 Å². The zero-order valence-corrected chi connectivity index (χ0v) is 13.3. The van der Waals surface area contributed by atoms with Gasteiger partial charge in [0.1, 0.15) is 11.0 Å². The highest BCUT2D eigenvalue weighted by molar-refractivity contribution is 6.29. The number of hydrogen-bond acceptors (Lipinski definition) is 4. The van der Waals surface area contributed by atoms with Crippen molar-refractivity contribution in [1.29, 1.82) is 0 Å². The number of anilines is 1. The molecule has 0 N–H and O–H groups in total. The minimum atomic E-state index is -0.410. The topological polar surface area (TPSA) is 59.3 Å². The van der Waals surface area contributed by atoms with Crippen LogP contribution in [0.4, 0.5) is 11.5 Å². The third kappa shape index (κ3) is 4.30. The summed E-state index contributed by atoms with van der Waals surface area (Å²) in [5.41, 5.74) is 0.0116. The summed E-state index contributed by atoms with van der Waals surface area (Å²) < 4.78 is 0. The van der Waals surface area contributed by atoms with Crippen LogP contribution >= 0.6 is 11.6 Å². The van der Waals surface area contributed by atoms with E-state index in [-0.39, 0.29) is 10.8 Å². The van der Waals surface area contributed by atoms with Gasteiger partial charge in [-0.3, -0.25) is 10.1 Å². The fraction of sp³-hybridized carbons (Fsp3) is 0.667. The van der Waals surface area contributed by atoms with Crippen molar-refractivity contribution < 1.29 is 4.92 Å². The van der Waals surface area contributed by atoms with Crippen LogP contribution in [0.3, 0.4) is 0 Å². The number of nitro groups is 1. The van der Waals surface area contributed by atoms with Crippen molar-refractivity contribution >= 4 is 23.1 Å². The maximum atomic E-state index is 11.0. The molecule has 1 saturated carbocycles. The lowest BCUT2D eigenvalue weighted by atomic mass is 10.1. The normalized spacial score (nSPS) is 15.6. The van der Waals surface area contributed by atoms with Crippen LogP contribution in [-0.2, 0) is 0 Å². The molecular weight excluding hydrogens is 290 g/mol. The second-order valence-corrected chi connectivity index (χ2v) is 6.46. The molecule has 0 bridgehead atoms. The maximum Gasteiger partial charge on any atom is 0.276 e. The summed E-state index contributed by atoms with van der Waals surface area (Å²) >= 11 is 5.97. The Morgan fingerprint density at radius 3 is 2.67 bits per heavy atom. The Balaban J connectivity index is 2.28. The second kappa shape index (κ2) is 7.07. The largest absolute Gasteiger partial charge is 0.353 e. The van der Waals surface area contributed by atoms with E-state index in [0.717, 1.165) is 25.8 Å². The Hall–Kier alpha value is -1.36. The zero-order chi connectivity index (χ0) is 15.4. The van der Waals surface area contributed by atoms with Crippen LogP contribution < -0.4 is 4.90 Å².